The predicted octanol–water partition coefficient (Wildman–Crippen LogP) is 7.65. The van der Waals surface area contributed by atoms with E-state index in [1.807, 2.05) is 50.4 Å². The number of likely N-dealkylation sites (tertiary alicyclic amines) is 1. The Labute approximate surface area is 253 Å². The monoisotopic (exact) mass is 602 g/mol. The van der Waals surface area contributed by atoms with Crippen LogP contribution in [0.25, 0.3) is 32.6 Å². The van der Waals surface area contributed by atoms with Gasteiger partial charge in [0.1, 0.15) is 11.5 Å². The van der Waals surface area contributed by atoms with Crippen LogP contribution in [0, 0.1) is 12.7 Å². The Morgan fingerprint density at radius 2 is 1.83 bits per heavy atom. The average molecular weight is 603 g/mol. The number of thiazole rings is 1. The van der Waals surface area contributed by atoms with Gasteiger partial charge in [-0.2, -0.15) is 4.98 Å². The number of benzene rings is 2. The largest absolute Gasteiger partial charge is 0.324 e. The number of fused-ring (bicyclic) bond motifs is 1. The van der Waals surface area contributed by atoms with Crippen LogP contribution in [0.4, 0.5) is 16.0 Å². The molecule has 10 heteroatoms. The van der Waals surface area contributed by atoms with Crippen LogP contribution in [0.3, 0.4) is 0 Å². The van der Waals surface area contributed by atoms with E-state index >= 15 is 4.39 Å². The van der Waals surface area contributed by atoms with Crippen molar-refractivity contribution in [2.75, 3.05) is 25.0 Å². The van der Waals surface area contributed by atoms with Crippen molar-refractivity contribution in [1.82, 2.24) is 24.4 Å². The van der Waals surface area contributed by atoms with Gasteiger partial charge in [-0.3, -0.25) is 9.36 Å². The fourth-order valence-corrected chi connectivity index (χ4v) is 6.77. The lowest BCUT2D eigenvalue weighted by atomic mass is 9.89. The van der Waals surface area contributed by atoms with Gasteiger partial charge < -0.3 is 10.2 Å². The summed E-state index contributed by atoms with van der Waals surface area (Å²) in [5, 5.41) is 5.29. The molecule has 1 fully saturated rings. The smallest absolute Gasteiger partial charge is 0.260 e. The molecule has 1 aliphatic heterocycles. The summed E-state index contributed by atoms with van der Waals surface area (Å²) in [6.07, 6.45) is 5.42. The molecule has 1 saturated heterocycles. The van der Waals surface area contributed by atoms with Crippen LogP contribution < -0.4 is 10.9 Å². The van der Waals surface area contributed by atoms with E-state index in [1.54, 1.807) is 28.2 Å². The van der Waals surface area contributed by atoms with Crippen molar-refractivity contribution in [3.05, 3.63) is 86.6 Å². The Balaban J connectivity index is 1.28. The highest BCUT2D eigenvalue weighted by molar-refractivity contribution is 7.15. The van der Waals surface area contributed by atoms with E-state index in [4.69, 9.17) is 11.6 Å². The van der Waals surface area contributed by atoms with Gasteiger partial charge in [0.25, 0.3) is 5.56 Å². The van der Waals surface area contributed by atoms with E-state index in [0.717, 1.165) is 53.5 Å². The summed E-state index contributed by atoms with van der Waals surface area (Å²) >= 11 is 8.30. The normalized spacial score (nSPS) is 14.5. The Bertz CT molecular complexity index is 1830. The Kier molecular flexibility index (Phi) is 8.07. The maximum Gasteiger partial charge on any atom is 0.260 e. The summed E-state index contributed by atoms with van der Waals surface area (Å²) in [4.78, 5) is 30.5. The number of piperidine rings is 1. The predicted molar refractivity (Wildman–Crippen MR) is 170 cm³/mol. The van der Waals surface area contributed by atoms with Gasteiger partial charge in [-0.15, -0.1) is 11.3 Å². The number of hydrogen-bond acceptors (Lipinski definition) is 7. The van der Waals surface area contributed by atoms with Crippen LogP contribution in [0.5, 0.6) is 0 Å². The summed E-state index contributed by atoms with van der Waals surface area (Å²) in [5.41, 5.74) is 3.71. The molecule has 1 N–H and O–H groups in total. The second-order valence-corrected chi connectivity index (χ2v) is 12.2. The zero-order valence-corrected chi connectivity index (χ0v) is 25.4. The van der Waals surface area contributed by atoms with E-state index in [-0.39, 0.29) is 17.3 Å². The van der Waals surface area contributed by atoms with Gasteiger partial charge >= 0.3 is 0 Å². The number of aryl methyl sites for hydroxylation is 2. The number of anilines is 2. The lowest BCUT2D eigenvalue weighted by molar-refractivity contribution is 0.220. The van der Waals surface area contributed by atoms with Crippen LogP contribution in [0.15, 0.2) is 59.7 Å². The van der Waals surface area contributed by atoms with Crippen LogP contribution in [0.2, 0.25) is 5.02 Å². The molecule has 0 aliphatic carbocycles. The topological polar surface area (TPSA) is 75.9 Å². The molecule has 6 rings (SSSR count). The first-order valence-corrected chi connectivity index (χ1v) is 15.5. The second-order valence-electron chi connectivity index (χ2n) is 10.6. The van der Waals surface area contributed by atoms with Crippen molar-refractivity contribution < 1.29 is 4.39 Å². The van der Waals surface area contributed by atoms with Gasteiger partial charge in [-0.25, -0.2) is 14.4 Å². The number of rotatable bonds is 7. The van der Waals surface area contributed by atoms with Crippen molar-refractivity contribution in [3.8, 4) is 21.6 Å². The van der Waals surface area contributed by atoms with Gasteiger partial charge in [-0.1, -0.05) is 36.7 Å². The summed E-state index contributed by atoms with van der Waals surface area (Å²) < 4.78 is 16.8. The summed E-state index contributed by atoms with van der Waals surface area (Å²) in [7, 11) is 0. The number of aromatic nitrogens is 4. The minimum absolute atomic E-state index is 0.192. The lowest BCUT2D eigenvalue weighted by Gasteiger charge is -2.31. The number of hydrogen-bond donors (Lipinski definition) is 1. The molecule has 4 heterocycles. The highest BCUT2D eigenvalue weighted by Gasteiger charge is 2.22. The Morgan fingerprint density at radius 1 is 1.02 bits per heavy atom. The molecule has 0 atom stereocenters. The van der Waals surface area contributed by atoms with E-state index in [0.29, 0.717) is 45.4 Å². The van der Waals surface area contributed by atoms with Crippen molar-refractivity contribution in [2.24, 2.45) is 0 Å². The lowest BCUT2D eigenvalue weighted by Crippen LogP contribution is -2.32. The number of pyridine rings is 1. The van der Waals surface area contributed by atoms with Crippen LogP contribution >= 0.6 is 22.9 Å². The SMILES string of the molecule is CCN1CCC(c2ccc(Nc3ncc4cc(-c5ccc(-c6cnc(C)s6)cc5Cl)c(=O)n(CC)c4n3)cc2F)CC1. The highest BCUT2D eigenvalue weighted by Crippen LogP contribution is 2.35. The van der Waals surface area contributed by atoms with Gasteiger partial charge in [0.2, 0.25) is 5.95 Å². The second kappa shape index (κ2) is 11.9. The minimum atomic E-state index is -0.223. The first-order chi connectivity index (χ1) is 20.3. The molecule has 0 unspecified atom stereocenters. The molecule has 0 spiro atoms. The third kappa shape index (κ3) is 5.56. The standard InChI is InChI=1S/C32H32ClFN6OS/c1-4-39-12-10-20(11-13-39)24-9-7-23(16-28(24)34)37-32-36-17-22-14-26(31(41)40(5-2)30(22)38-32)25-8-6-21(15-27(25)33)29-18-35-19(3)42-29/h6-9,14-18,20H,4-5,10-13H2,1-3H3,(H,36,37,38). The molecular weight excluding hydrogens is 571 g/mol. The van der Waals surface area contributed by atoms with Crippen LogP contribution in [0.1, 0.15) is 43.2 Å². The molecule has 0 radical (unpaired) electrons. The van der Waals surface area contributed by atoms with Gasteiger partial charge in [0, 0.05) is 46.2 Å². The molecule has 2 aromatic carbocycles. The summed E-state index contributed by atoms with van der Waals surface area (Å²) in [5.74, 6) is 0.301. The van der Waals surface area contributed by atoms with E-state index < -0.39 is 0 Å². The van der Waals surface area contributed by atoms with Crippen LogP contribution in [-0.2, 0) is 6.54 Å². The maximum absolute atomic E-state index is 15.1. The average Bonchev–Trinajstić information content (AvgIpc) is 3.43. The molecule has 5 aromatic rings. The molecule has 0 bridgehead atoms. The van der Waals surface area contributed by atoms with E-state index in [9.17, 15) is 4.79 Å². The molecule has 3 aromatic heterocycles. The van der Waals surface area contributed by atoms with Gasteiger partial charge in [0.05, 0.1) is 9.88 Å². The summed E-state index contributed by atoms with van der Waals surface area (Å²) in [6, 6.07) is 12.7. The molecule has 0 amide bonds. The fourth-order valence-electron chi connectivity index (χ4n) is 5.71. The first-order valence-electron chi connectivity index (χ1n) is 14.3. The summed E-state index contributed by atoms with van der Waals surface area (Å²) in [6.45, 7) is 9.46. The number of halogens is 2. The van der Waals surface area contributed by atoms with Crippen molar-refractivity contribution in [1.29, 1.82) is 0 Å². The highest BCUT2D eigenvalue weighted by atomic mass is 35.5. The molecule has 1 aliphatic rings. The van der Waals surface area contributed by atoms with Crippen LogP contribution in [-0.4, -0.2) is 44.1 Å². The van der Waals surface area contributed by atoms with E-state index in [2.05, 4.69) is 32.1 Å². The van der Waals surface area contributed by atoms with E-state index in [1.165, 1.54) is 6.07 Å². The maximum atomic E-state index is 15.1. The zero-order valence-electron chi connectivity index (χ0n) is 23.8. The molecule has 216 valence electrons. The number of nitrogens with one attached hydrogen (secondary N) is 1. The van der Waals surface area contributed by atoms with Crippen molar-refractivity contribution >= 4 is 45.6 Å². The zero-order chi connectivity index (χ0) is 29.4. The van der Waals surface area contributed by atoms with Crippen molar-refractivity contribution in [2.45, 2.75) is 46.1 Å². The molecular formula is C32H32ClFN6OS. The Morgan fingerprint density at radius 3 is 2.50 bits per heavy atom. The molecule has 7 nitrogen and oxygen atoms in total. The quantitative estimate of drug-likeness (QED) is 0.206. The fraction of sp³-hybridized carbons (Fsp3) is 0.312. The minimum Gasteiger partial charge on any atom is -0.324 e. The first kappa shape index (κ1) is 28.5. The van der Waals surface area contributed by atoms with Gasteiger partial charge in [0.15, 0.2) is 0 Å². The number of nitrogens with zero attached hydrogens (tertiary/aromatic N) is 5. The van der Waals surface area contributed by atoms with Crippen molar-refractivity contribution in [3.63, 3.8) is 0 Å². The Hall–Kier alpha value is -3.66. The molecule has 0 saturated carbocycles. The molecule has 42 heavy (non-hydrogen) atoms. The van der Waals surface area contributed by atoms with Gasteiger partial charge in [-0.05, 0) is 87.6 Å². The third-order valence-electron chi connectivity index (χ3n) is 8.04. The third-order valence-corrected chi connectivity index (χ3v) is 9.31.